The minimum absolute atomic E-state index is 0.276. The van der Waals surface area contributed by atoms with Crippen molar-refractivity contribution in [1.29, 1.82) is 0 Å². The van der Waals surface area contributed by atoms with Crippen molar-refractivity contribution in [3.8, 4) is 0 Å². The van der Waals surface area contributed by atoms with Crippen LogP contribution in [0.4, 0.5) is 0 Å². The van der Waals surface area contributed by atoms with Crippen LogP contribution in [-0.4, -0.2) is 0 Å². The van der Waals surface area contributed by atoms with Crippen molar-refractivity contribution in [3.63, 3.8) is 0 Å². The first-order chi connectivity index (χ1) is 15.3. The molecule has 1 saturated heterocycles. The van der Waals surface area contributed by atoms with Crippen LogP contribution in [0.5, 0.6) is 0 Å². The van der Waals surface area contributed by atoms with Gasteiger partial charge in [-0.1, -0.05) is 84.9 Å². The molecule has 150 valence electrons. The van der Waals surface area contributed by atoms with E-state index in [0.717, 1.165) is 35.5 Å². The second-order valence-electron chi connectivity index (χ2n) is 11.6. The molecule has 1 nitrogen and oxygen atoms in total. The Hall–Kier alpha value is -2.38. The lowest BCUT2D eigenvalue weighted by Gasteiger charge is -2.79. The van der Waals surface area contributed by atoms with Crippen LogP contribution in [-0.2, 0) is 15.9 Å². The molecule has 0 N–H and O–H groups in total. The van der Waals surface area contributed by atoms with E-state index in [1.54, 1.807) is 0 Å². The Morgan fingerprint density at radius 2 is 1.26 bits per heavy atom. The Labute approximate surface area is 182 Å². The van der Waals surface area contributed by atoms with Crippen LogP contribution in [0.25, 0.3) is 0 Å². The third kappa shape index (κ3) is 1.03. The molecule has 11 rings (SSSR count). The summed E-state index contributed by atoms with van der Waals surface area (Å²) in [5.41, 5.74) is 5.83. The summed E-state index contributed by atoms with van der Waals surface area (Å²) >= 11 is 0. The Kier molecular flexibility index (Phi) is 2.07. The first-order valence-electron chi connectivity index (χ1n) is 12.3. The smallest absolute Gasteiger partial charge is 0.127 e. The number of hydrogen-bond donors (Lipinski definition) is 0. The molecule has 6 aliphatic carbocycles. The van der Waals surface area contributed by atoms with Gasteiger partial charge >= 0.3 is 0 Å². The Balaban J connectivity index is 1.43. The lowest BCUT2D eigenvalue weighted by Crippen LogP contribution is -2.80. The summed E-state index contributed by atoms with van der Waals surface area (Å²) in [4.78, 5) is 0. The Morgan fingerprint density at radius 3 is 1.97 bits per heavy atom. The van der Waals surface area contributed by atoms with E-state index in [2.05, 4.69) is 84.9 Å². The summed E-state index contributed by atoms with van der Waals surface area (Å²) in [5.74, 6) is 5.57. The van der Waals surface area contributed by atoms with Crippen molar-refractivity contribution in [1.82, 2.24) is 0 Å². The first-order valence-corrected chi connectivity index (χ1v) is 12.3. The van der Waals surface area contributed by atoms with E-state index in [9.17, 15) is 0 Å². The zero-order chi connectivity index (χ0) is 19.8. The van der Waals surface area contributed by atoms with Gasteiger partial charge in [0.2, 0.25) is 0 Å². The van der Waals surface area contributed by atoms with Crippen LogP contribution in [0.2, 0.25) is 0 Å². The van der Waals surface area contributed by atoms with E-state index >= 15 is 0 Å². The highest BCUT2D eigenvalue weighted by Crippen LogP contribution is 3.07. The number of fused-ring (bicyclic) bond motifs is 5. The molecule has 3 aromatic rings. The molecule has 2 heterocycles. The van der Waals surface area contributed by atoms with Crippen molar-refractivity contribution >= 4 is 0 Å². The number of benzene rings is 3. The lowest BCUT2D eigenvalue weighted by molar-refractivity contribution is -0.313. The molecule has 0 aromatic heterocycles. The third-order valence-corrected chi connectivity index (χ3v) is 11.8. The van der Waals surface area contributed by atoms with Gasteiger partial charge in [-0.2, -0.15) is 0 Å². The number of ether oxygens (including phenoxy) is 1. The zero-order valence-corrected chi connectivity index (χ0v) is 17.4. The fourth-order valence-corrected chi connectivity index (χ4v) is 12.1. The van der Waals surface area contributed by atoms with Crippen LogP contribution in [0, 0.1) is 46.3 Å². The zero-order valence-electron chi connectivity index (χ0n) is 17.4. The topological polar surface area (TPSA) is 9.23 Å². The summed E-state index contributed by atoms with van der Waals surface area (Å²) < 4.78 is 7.82. The predicted octanol–water partition coefficient (Wildman–Crippen LogP) is 5.74. The molecule has 0 amide bonds. The second-order valence-corrected chi connectivity index (χ2v) is 11.6. The van der Waals surface area contributed by atoms with Crippen LogP contribution in [0.1, 0.15) is 35.1 Å². The largest absolute Gasteiger partial charge is 0.348 e. The van der Waals surface area contributed by atoms with Crippen LogP contribution >= 0.6 is 0 Å². The van der Waals surface area contributed by atoms with Crippen molar-refractivity contribution in [2.75, 3.05) is 0 Å². The van der Waals surface area contributed by atoms with Gasteiger partial charge in [0.15, 0.2) is 0 Å². The van der Waals surface area contributed by atoms with Crippen molar-refractivity contribution < 1.29 is 4.74 Å². The maximum Gasteiger partial charge on any atom is 0.127 e. The highest BCUT2D eigenvalue weighted by Gasteiger charge is 3.07. The third-order valence-electron chi connectivity index (χ3n) is 11.8. The maximum absolute atomic E-state index is 7.82. The SMILES string of the molecule is c1ccc(C23OC(c4ccccc4)(c4ccccc42)C24C5CC6C7C5CC32C7C64)cc1. The summed E-state index contributed by atoms with van der Waals surface area (Å²) in [6.07, 6.45) is 2.88. The first kappa shape index (κ1) is 15.4. The second kappa shape index (κ2) is 4.16. The van der Waals surface area contributed by atoms with Gasteiger partial charge in [-0.15, -0.1) is 0 Å². The molecule has 3 aromatic carbocycles. The Bertz CT molecular complexity index is 1330. The standard InChI is InChI=1S/C30H24O/c1-3-9-17(10-4-1)29-21-13-7-8-14-22(21)30(31-29,18-11-5-2-6-12-18)28-23-15-19-24-20(23)16-27(28,29)26(24)25(19)28/h1-14,19-20,23-26H,15-16H2. The van der Waals surface area contributed by atoms with Gasteiger partial charge in [0.25, 0.3) is 0 Å². The van der Waals surface area contributed by atoms with Crippen LogP contribution < -0.4 is 0 Å². The van der Waals surface area contributed by atoms with E-state index in [4.69, 9.17) is 4.74 Å². The lowest BCUT2D eigenvalue weighted by atomic mass is 9.22. The number of hydrogen-bond acceptors (Lipinski definition) is 1. The van der Waals surface area contributed by atoms with Crippen molar-refractivity contribution in [2.24, 2.45) is 46.3 Å². The number of rotatable bonds is 2. The highest BCUT2D eigenvalue weighted by atomic mass is 16.5. The van der Waals surface area contributed by atoms with E-state index in [0.29, 0.717) is 10.8 Å². The van der Waals surface area contributed by atoms with Crippen LogP contribution in [0.15, 0.2) is 84.9 Å². The monoisotopic (exact) mass is 400 g/mol. The molecule has 8 aliphatic rings. The highest BCUT2D eigenvalue weighted by molar-refractivity contribution is 5.68. The van der Waals surface area contributed by atoms with E-state index in [-0.39, 0.29) is 11.2 Å². The van der Waals surface area contributed by atoms with E-state index in [1.165, 1.54) is 35.1 Å². The van der Waals surface area contributed by atoms with Gasteiger partial charge in [-0.3, -0.25) is 0 Å². The summed E-state index contributed by atoms with van der Waals surface area (Å²) in [6.45, 7) is 0. The molecule has 10 unspecified atom stereocenters. The van der Waals surface area contributed by atoms with Gasteiger partial charge in [-0.05, 0) is 70.6 Å². The minimum atomic E-state index is -0.279. The van der Waals surface area contributed by atoms with Gasteiger partial charge in [0, 0.05) is 10.8 Å². The van der Waals surface area contributed by atoms with Crippen molar-refractivity contribution in [2.45, 2.75) is 24.0 Å². The molecule has 31 heavy (non-hydrogen) atoms. The van der Waals surface area contributed by atoms with E-state index < -0.39 is 0 Å². The van der Waals surface area contributed by atoms with Gasteiger partial charge in [0.1, 0.15) is 11.2 Å². The normalized spacial score (nSPS) is 53.9. The molecule has 2 aliphatic heterocycles. The average molecular weight is 401 g/mol. The fraction of sp³-hybridized carbons (Fsp3) is 0.400. The van der Waals surface area contributed by atoms with Crippen LogP contribution in [0.3, 0.4) is 0 Å². The fourth-order valence-electron chi connectivity index (χ4n) is 12.1. The minimum Gasteiger partial charge on any atom is -0.348 e. The molecule has 6 saturated carbocycles. The molecule has 1 heteroatoms. The van der Waals surface area contributed by atoms with Gasteiger partial charge < -0.3 is 4.74 Å². The average Bonchev–Trinajstić information content (AvgIpc) is 3.49. The molecule has 0 radical (unpaired) electrons. The molecular formula is C30H24O. The predicted molar refractivity (Wildman–Crippen MR) is 117 cm³/mol. The Morgan fingerprint density at radius 1 is 0.645 bits per heavy atom. The van der Waals surface area contributed by atoms with Gasteiger partial charge in [-0.25, -0.2) is 0 Å². The van der Waals surface area contributed by atoms with Gasteiger partial charge in [0.05, 0.1) is 0 Å². The molecule has 6 bridgehead atoms. The maximum atomic E-state index is 7.82. The quantitative estimate of drug-likeness (QED) is 0.533. The summed E-state index contributed by atoms with van der Waals surface area (Å²) in [5, 5.41) is 0. The molecule has 10 atom stereocenters. The summed E-state index contributed by atoms with van der Waals surface area (Å²) in [6, 6.07) is 32.1. The van der Waals surface area contributed by atoms with Crippen molar-refractivity contribution in [3.05, 3.63) is 107 Å². The molecule has 2 spiro atoms. The molecular weight excluding hydrogens is 376 g/mol. The summed E-state index contributed by atoms with van der Waals surface area (Å²) in [7, 11) is 0. The molecule has 7 fully saturated rings. The van der Waals surface area contributed by atoms with E-state index in [1.807, 2.05) is 0 Å².